The first kappa shape index (κ1) is 10.1. The predicted molar refractivity (Wildman–Crippen MR) is 42.6 cm³/mol. The molecule has 0 fully saturated rings. The average Bonchev–Trinajstić information content (AvgIpc) is 2.13. The predicted octanol–water partition coefficient (Wildman–Crippen LogP) is 1.29. The van der Waals surface area contributed by atoms with Gasteiger partial charge in [-0.25, -0.2) is 0 Å². The average molecular weight is 326 g/mol. The van der Waals surface area contributed by atoms with Crippen molar-refractivity contribution in [3.8, 4) is 0 Å². The molecule has 0 N–H and O–H groups in total. The van der Waals surface area contributed by atoms with E-state index in [0.29, 0.717) is 0 Å². The zero-order valence-corrected chi connectivity index (χ0v) is 10.7. The SMILES string of the molecule is CC(=O)C1=C[CH]C=C1C.[Tl]. The summed E-state index contributed by atoms with van der Waals surface area (Å²) in [5.41, 5.74) is 1.91. The Balaban J connectivity index is 0.000000810. The summed E-state index contributed by atoms with van der Waals surface area (Å²) >= 11 is 0. The monoisotopic (exact) mass is 326 g/mol. The van der Waals surface area contributed by atoms with E-state index in [0.717, 1.165) is 11.1 Å². The molecule has 10 heavy (non-hydrogen) atoms. The van der Waals surface area contributed by atoms with Crippen molar-refractivity contribution in [2.45, 2.75) is 13.8 Å². The van der Waals surface area contributed by atoms with Gasteiger partial charge < -0.3 is 0 Å². The number of ketones is 1. The maximum absolute atomic E-state index is 10.7. The summed E-state index contributed by atoms with van der Waals surface area (Å²) in [6, 6.07) is 0. The number of hydrogen-bond acceptors (Lipinski definition) is 1. The van der Waals surface area contributed by atoms with E-state index in [2.05, 4.69) is 0 Å². The van der Waals surface area contributed by atoms with E-state index in [4.69, 9.17) is 0 Å². The van der Waals surface area contributed by atoms with Crippen molar-refractivity contribution in [1.29, 1.82) is 0 Å². The Kier molecular flexibility index (Phi) is 4.09. The van der Waals surface area contributed by atoms with Crippen LogP contribution in [0.4, 0.5) is 0 Å². The van der Waals surface area contributed by atoms with Gasteiger partial charge in [0.25, 0.3) is 0 Å². The number of allylic oxidation sites excluding steroid dienone is 4. The molecular weight excluding hydrogens is 316 g/mol. The zero-order chi connectivity index (χ0) is 6.85. The summed E-state index contributed by atoms with van der Waals surface area (Å²) in [5, 5.41) is 0. The Labute approximate surface area is 81.4 Å². The Morgan fingerprint density at radius 3 is 2.20 bits per heavy atom. The van der Waals surface area contributed by atoms with Crippen LogP contribution in [0, 0.1) is 6.42 Å². The third-order valence-electron chi connectivity index (χ3n) is 1.41. The van der Waals surface area contributed by atoms with Gasteiger partial charge in [-0.2, -0.15) is 0 Å². The van der Waals surface area contributed by atoms with Gasteiger partial charge in [0.05, 0.1) is 0 Å². The normalized spacial score (nSPS) is 15.4. The van der Waals surface area contributed by atoms with Crippen LogP contribution in [0.5, 0.6) is 0 Å². The Morgan fingerprint density at radius 2 is 2.00 bits per heavy atom. The molecule has 0 heterocycles. The molecule has 0 aliphatic heterocycles. The van der Waals surface area contributed by atoms with Gasteiger partial charge in [-0.3, -0.25) is 4.79 Å². The summed E-state index contributed by atoms with van der Waals surface area (Å²) in [7, 11) is 0. The van der Waals surface area contributed by atoms with Crippen LogP contribution in [0.3, 0.4) is 0 Å². The molecule has 2 radical (unpaired) electrons. The maximum atomic E-state index is 10.7. The second-order valence-electron chi connectivity index (χ2n) is 2.18. The minimum Gasteiger partial charge on any atom is -0.295 e. The van der Waals surface area contributed by atoms with Crippen molar-refractivity contribution < 1.29 is 4.79 Å². The molecule has 1 aliphatic carbocycles. The van der Waals surface area contributed by atoms with E-state index in [1.165, 1.54) is 0 Å². The summed E-state index contributed by atoms with van der Waals surface area (Å²) in [6.07, 6.45) is 5.68. The minimum atomic E-state index is 0. The van der Waals surface area contributed by atoms with Crippen LogP contribution >= 0.6 is 0 Å². The molecular formula is C8H9OTl. The van der Waals surface area contributed by atoms with Gasteiger partial charge >= 0.3 is 0 Å². The van der Waals surface area contributed by atoms with Crippen molar-refractivity contribution in [3.63, 3.8) is 0 Å². The van der Waals surface area contributed by atoms with Crippen molar-refractivity contribution in [2.75, 3.05) is 0 Å². The topological polar surface area (TPSA) is 17.1 Å². The number of rotatable bonds is 1. The van der Waals surface area contributed by atoms with E-state index in [1.54, 1.807) is 6.92 Å². The van der Waals surface area contributed by atoms with Crippen LogP contribution in [0.15, 0.2) is 23.3 Å². The first-order chi connectivity index (χ1) is 4.22. The van der Waals surface area contributed by atoms with Crippen molar-refractivity contribution >= 4 is 33.1 Å². The number of hydrogen-bond donors (Lipinski definition) is 0. The van der Waals surface area contributed by atoms with Crippen molar-refractivity contribution in [2.24, 2.45) is 0 Å². The molecule has 1 aliphatic rings. The molecule has 1 nitrogen and oxygen atoms in total. The van der Waals surface area contributed by atoms with Crippen molar-refractivity contribution in [1.82, 2.24) is 0 Å². The first-order valence-corrected chi connectivity index (χ1v) is 2.95. The zero-order valence-electron chi connectivity index (χ0n) is 6.22. The van der Waals surface area contributed by atoms with E-state index in [-0.39, 0.29) is 33.1 Å². The van der Waals surface area contributed by atoms with Crippen molar-refractivity contribution in [3.05, 3.63) is 29.7 Å². The Hall–Kier alpha value is 0.0721. The molecule has 0 aromatic rings. The van der Waals surface area contributed by atoms with Gasteiger partial charge in [0.2, 0.25) is 0 Å². The van der Waals surface area contributed by atoms with Crippen LogP contribution in [-0.2, 0) is 4.79 Å². The van der Waals surface area contributed by atoms with E-state index in [9.17, 15) is 4.79 Å². The molecule has 1 rings (SSSR count). The fourth-order valence-electron chi connectivity index (χ4n) is 0.905. The summed E-state index contributed by atoms with van der Waals surface area (Å²) in [6.45, 7) is 3.53. The van der Waals surface area contributed by atoms with Gasteiger partial charge in [0.1, 0.15) is 0 Å². The van der Waals surface area contributed by atoms with Crippen LogP contribution < -0.4 is 0 Å². The smallest absolute Gasteiger partial charge is 0.159 e. The summed E-state index contributed by atoms with van der Waals surface area (Å²) < 4.78 is 0. The molecule has 50 valence electrons. The fourth-order valence-corrected chi connectivity index (χ4v) is 0.905. The van der Waals surface area contributed by atoms with Gasteiger partial charge in [0.15, 0.2) is 5.78 Å². The maximum Gasteiger partial charge on any atom is 0.159 e. The van der Waals surface area contributed by atoms with Gasteiger partial charge in [0, 0.05) is 39.3 Å². The molecule has 0 spiro atoms. The molecule has 0 bridgehead atoms. The number of carbonyl (C=O) groups excluding carboxylic acids is 1. The molecule has 0 amide bonds. The molecule has 0 unspecified atom stereocenters. The van der Waals surface area contributed by atoms with Gasteiger partial charge in [-0.05, 0) is 19.4 Å². The van der Waals surface area contributed by atoms with E-state index >= 15 is 0 Å². The molecule has 0 saturated heterocycles. The van der Waals surface area contributed by atoms with Crippen LogP contribution in [0.1, 0.15) is 13.8 Å². The number of Topliss-reactive ketones (excluding diaryl/α,β-unsaturated/α-hetero) is 1. The van der Waals surface area contributed by atoms with Crippen LogP contribution in [-0.4, -0.2) is 33.1 Å². The second kappa shape index (κ2) is 4.06. The first-order valence-electron chi connectivity index (χ1n) is 2.95. The second-order valence-corrected chi connectivity index (χ2v) is 2.18. The number of carbonyl (C=O) groups is 1. The van der Waals surface area contributed by atoms with Gasteiger partial charge in [-0.1, -0.05) is 12.2 Å². The molecule has 0 aromatic heterocycles. The van der Waals surface area contributed by atoms with Crippen LogP contribution in [0.25, 0.3) is 0 Å². The third kappa shape index (κ3) is 2.04. The molecule has 0 aromatic carbocycles. The largest absolute Gasteiger partial charge is 0.295 e. The molecule has 2 heteroatoms. The molecule has 0 saturated carbocycles. The fraction of sp³-hybridized carbons (Fsp3) is 0.250. The van der Waals surface area contributed by atoms with E-state index in [1.807, 2.05) is 25.5 Å². The minimum absolute atomic E-state index is 0. The van der Waals surface area contributed by atoms with Crippen LogP contribution in [0.2, 0.25) is 0 Å². The Bertz CT molecular complexity index is 201. The quantitative estimate of drug-likeness (QED) is 0.664. The molecule has 0 atom stereocenters. The summed E-state index contributed by atoms with van der Waals surface area (Å²) in [5.74, 6) is 0.150. The summed E-state index contributed by atoms with van der Waals surface area (Å²) in [4.78, 5) is 10.7. The third-order valence-corrected chi connectivity index (χ3v) is 1.41. The Morgan fingerprint density at radius 1 is 1.40 bits per heavy atom. The van der Waals surface area contributed by atoms with E-state index < -0.39 is 0 Å². The van der Waals surface area contributed by atoms with Gasteiger partial charge in [-0.15, -0.1) is 0 Å². The standard InChI is InChI=1S/C8H9O.Tl/c1-6-4-3-5-8(6)7(2)9;/h3-5H,1-2H3;.